The molecule has 3 nitrogen and oxygen atoms in total. The number of aliphatic hydroxyl groups is 1. The van der Waals surface area contributed by atoms with Gasteiger partial charge in [-0.15, -0.1) is 23.1 Å². The molecule has 0 saturated carbocycles. The van der Waals surface area contributed by atoms with Crippen molar-refractivity contribution >= 4 is 29.0 Å². The molecule has 0 radical (unpaired) electrons. The maximum Gasteiger partial charge on any atom is 0.262 e. The van der Waals surface area contributed by atoms with Crippen molar-refractivity contribution in [2.75, 3.05) is 12.8 Å². The summed E-state index contributed by atoms with van der Waals surface area (Å²) in [5.41, 5.74) is 0. The molecule has 1 rings (SSSR count). The summed E-state index contributed by atoms with van der Waals surface area (Å²) in [5.74, 6) is -0.0463. The highest BCUT2D eigenvalue weighted by molar-refractivity contribution is 7.98. The van der Waals surface area contributed by atoms with E-state index in [9.17, 15) is 4.79 Å². The van der Waals surface area contributed by atoms with Gasteiger partial charge in [-0.1, -0.05) is 0 Å². The molecule has 15 heavy (non-hydrogen) atoms. The topological polar surface area (TPSA) is 49.3 Å². The Morgan fingerprint density at radius 1 is 1.73 bits per heavy atom. The molecule has 0 aromatic carbocycles. The number of aliphatic hydroxyl groups excluding tert-OH is 1. The fraction of sp³-hybridized carbons (Fsp3) is 0.500. The number of amides is 1. The molecule has 0 aliphatic heterocycles. The van der Waals surface area contributed by atoms with Gasteiger partial charge in [-0.3, -0.25) is 4.79 Å². The van der Waals surface area contributed by atoms with Gasteiger partial charge in [-0.05, 0) is 31.0 Å². The van der Waals surface area contributed by atoms with Crippen LogP contribution in [0.2, 0.25) is 0 Å². The van der Waals surface area contributed by atoms with Crippen LogP contribution < -0.4 is 5.32 Å². The molecule has 0 aliphatic rings. The zero-order valence-electron chi connectivity index (χ0n) is 8.82. The van der Waals surface area contributed by atoms with Gasteiger partial charge in [0.1, 0.15) is 4.88 Å². The summed E-state index contributed by atoms with van der Waals surface area (Å²) in [4.78, 5) is 13.4. The van der Waals surface area contributed by atoms with Crippen LogP contribution in [0.3, 0.4) is 0 Å². The van der Waals surface area contributed by atoms with E-state index in [-0.39, 0.29) is 12.0 Å². The number of hydrogen-bond donors (Lipinski definition) is 2. The monoisotopic (exact) mass is 245 g/mol. The van der Waals surface area contributed by atoms with Crippen molar-refractivity contribution in [2.24, 2.45) is 0 Å². The first-order chi connectivity index (χ1) is 7.15. The fourth-order valence-electron chi connectivity index (χ4n) is 1.10. The second-order valence-corrected chi connectivity index (χ2v) is 4.98. The minimum atomic E-state index is -0.367. The standard InChI is InChI=1S/C10H15NO2S2/c1-7(12)3-5-11-10(13)9-8(14-2)4-6-15-9/h4,6-7,12H,3,5H2,1-2H3,(H,11,13). The molecule has 1 amide bonds. The van der Waals surface area contributed by atoms with Gasteiger partial charge in [-0.2, -0.15) is 0 Å². The van der Waals surface area contributed by atoms with Crippen LogP contribution in [0.5, 0.6) is 0 Å². The van der Waals surface area contributed by atoms with Gasteiger partial charge in [0.15, 0.2) is 0 Å². The molecular weight excluding hydrogens is 230 g/mol. The van der Waals surface area contributed by atoms with Crippen LogP contribution in [0.15, 0.2) is 16.3 Å². The van der Waals surface area contributed by atoms with Gasteiger partial charge in [0.05, 0.1) is 6.10 Å². The summed E-state index contributed by atoms with van der Waals surface area (Å²) >= 11 is 3.02. The van der Waals surface area contributed by atoms with Gasteiger partial charge in [0, 0.05) is 11.4 Å². The Bertz CT molecular complexity index is 323. The molecule has 1 unspecified atom stereocenters. The lowest BCUT2D eigenvalue weighted by Crippen LogP contribution is -2.26. The summed E-state index contributed by atoms with van der Waals surface area (Å²) in [6, 6.07) is 1.94. The van der Waals surface area contributed by atoms with Crippen LogP contribution in [-0.4, -0.2) is 29.9 Å². The third-order valence-corrected chi connectivity index (χ3v) is 3.73. The summed E-state index contributed by atoms with van der Waals surface area (Å²) in [5, 5.41) is 13.7. The molecule has 0 aliphatic carbocycles. The van der Waals surface area contributed by atoms with Crippen molar-refractivity contribution < 1.29 is 9.90 Å². The van der Waals surface area contributed by atoms with Gasteiger partial charge >= 0.3 is 0 Å². The van der Waals surface area contributed by atoms with Gasteiger partial charge < -0.3 is 10.4 Å². The van der Waals surface area contributed by atoms with E-state index >= 15 is 0 Å². The fourth-order valence-corrected chi connectivity index (χ4v) is 2.76. The largest absolute Gasteiger partial charge is 0.393 e. The Labute approximate surface area is 97.9 Å². The molecule has 1 aromatic heterocycles. The van der Waals surface area contributed by atoms with Crippen LogP contribution in [0.1, 0.15) is 23.0 Å². The number of hydrogen-bond acceptors (Lipinski definition) is 4. The number of thioether (sulfide) groups is 1. The Kier molecular flexibility index (Phi) is 5.14. The smallest absolute Gasteiger partial charge is 0.262 e. The molecule has 1 atom stereocenters. The molecule has 0 saturated heterocycles. The number of carbonyl (C=O) groups excluding carboxylic acids is 1. The van der Waals surface area contributed by atoms with E-state index in [2.05, 4.69) is 5.32 Å². The van der Waals surface area contributed by atoms with E-state index in [1.54, 1.807) is 18.7 Å². The summed E-state index contributed by atoms with van der Waals surface area (Å²) in [7, 11) is 0. The molecule has 2 N–H and O–H groups in total. The Balaban J connectivity index is 2.47. The summed E-state index contributed by atoms with van der Waals surface area (Å²) < 4.78 is 0. The normalized spacial score (nSPS) is 12.5. The molecular formula is C10H15NO2S2. The van der Waals surface area contributed by atoms with Crippen molar-refractivity contribution in [3.8, 4) is 0 Å². The highest BCUT2D eigenvalue weighted by Crippen LogP contribution is 2.25. The first-order valence-electron chi connectivity index (χ1n) is 4.73. The Hall–Kier alpha value is -0.520. The van der Waals surface area contributed by atoms with E-state index < -0.39 is 0 Å². The maximum absolute atomic E-state index is 11.7. The predicted molar refractivity (Wildman–Crippen MR) is 64.7 cm³/mol. The van der Waals surface area contributed by atoms with Crippen LogP contribution >= 0.6 is 23.1 Å². The van der Waals surface area contributed by atoms with Crippen molar-refractivity contribution in [1.29, 1.82) is 0 Å². The Morgan fingerprint density at radius 3 is 3.07 bits per heavy atom. The zero-order chi connectivity index (χ0) is 11.3. The van der Waals surface area contributed by atoms with E-state index in [1.165, 1.54) is 11.3 Å². The summed E-state index contributed by atoms with van der Waals surface area (Å²) in [6.07, 6.45) is 2.18. The second-order valence-electron chi connectivity index (χ2n) is 3.21. The van der Waals surface area contributed by atoms with Crippen LogP contribution in [0, 0.1) is 0 Å². The van der Waals surface area contributed by atoms with Gasteiger partial charge in [-0.25, -0.2) is 0 Å². The molecule has 1 heterocycles. The Morgan fingerprint density at radius 2 is 2.47 bits per heavy atom. The minimum Gasteiger partial charge on any atom is -0.393 e. The number of carbonyl (C=O) groups is 1. The van der Waals surface area contributed by atoms with Crippen LogP contribution in [0.25, 0.3) is 0 Å². The number of nitrogens with one attached hydrogen (secondary N) is 1. The lowest BCUT2D eigenvalue weighted by atomic mass is 10.3. The third-order valence-electron chi connectivity index (χ3n) is 1.90. The summed E-state index contributed by atoms with van der Waals surface area (Å²) in [6.45, 7) is 2.23. The lowest BCUT2D eigenvalue weighted by molar-refractivity contribution is 0.0947. The first kappa shape index (κ1) is 12.5. The average Bonchev–Trinajstić information content (AvgIpc) is 2.64. The molecule has 0 spiro atoms. The first-order valence-corrected chi connectivity index (χ1v) is 6.83. The van der Waals surface area contributed by atoms with Crippen LogP contribution in [-0.2, 0) is 0 Å². The van der Waals surface area contributed by atoms with Gasteiger partial charge in [0.2, 0.25) is 0 Å². The average molecular weight is 245 g/mol. The lowest BCUT2D eigenvalue weighted by Gasteiger charge is -2.06. The zero-order valence-corrected chi connectivity index (χ0v) is 10.5. The van der Waals surface area contributed by atoms with E-state index in [0.717, 1.165) is 9.77 Å². The maximum atomic E-state index is 11.7. The third kappa shape index (κ3) is 3.85. The highest BCUT2D eigenvalue weighted by atomic mass is 32.2. The molecule has 84 valence electrons. The van der Waals surface area contributed by atoms with Crippen LogP contribution in [0.4, 0.5) is 0 Å². The van der Waals surface area contributed by atoms with Crippen molar-refractivity contribution in [3.05, 3.63) is 16.3 Å². The second kappa shape index (κ2) is 6.15. The minimum absolute atomic E-state index is 0.0463. The van der Waals surface area contributed by atoms with Crippen molar-refractivity contribution in [2.45, 2.75) is 24.3 Å². The molecule has 5 heteroatoms. The highest BCUT2D eigenvalue weighted by Gasteiger charge is 2.11. The van der Waals surface area contributed by atoms with Crippen molar-refractivity contribution in [3.63, 3.8) is 0 Å². The van der Waals surface area contributed by atoms with Crippen molar-refractivity contribution in [1.82, 2.24) is 5.32 Å². The predicted octanol–water partition coefficient (Wildman–Crippen LogP) is 1.97. The SMILES string of the molecule is CSc1ccsc1C(=O)NCCC(C)O. The molecule has 0 bridgehead atoms. The molecule has 1 aromatic rings. The van der Waals surface area contributed by atoms with E-state index in [0.29, 0.717) is 13.0 Å². The van der Waals surface area contributed by atoms with E-state index in [4.69, 9.17) is 5.11 Å². The number of rotatable bonds is 5. The van der Waals surface area contributed by atoms with E-state index in [1.807, 2.05) is 17.7 Å². The molecule has 0 fully saturated rings. The van der Waals surface area contributed by atoms with Gasteiger partial charge in [0.25, 0.3) is 5.91 Å². The number of thiophene rings is 1. The quantitative estimate of drug-likeness (QED) is 0.780.